The Kier molecular flexibility index (Phi) is 3.34. The van der Waals surface area contributed by atoms with Gasteiger partial charge in [0.05, 0.1) is 0 Å². The van der Waals surface area contributed by atoms with Crippen LogP contribution in [0.15, 0.2) is 30.3 Å². The van der Waals surface area contributed by atoms with E-state index in [1.165, 1.54) is 0 Å². The fourth-order valence-corrected chi connectivity index (χ4v) is 2.15. The van der Waals surface area contributed by atoms with Crippen LogP contribution in [0.3, 0.4) is 0 Å². The molecule has 1 aliphatic heterocycles. The molecule has 2 amide bonds. The molecule has 0 bridgehead atoms. The lowest BCUT2D eigenvalue weighted by Crippen LogP contribution is -2.30. The van der Waals surface area contributed by atoms with Crippen molar-refractivity contribution in [1.29, 1.82) is 0 Å². The highest BCUT2D eigenvalue weighted by Gasteiger charge is 2.23. The molecule has 3 N–H and O–H groups in total. The van der Waals surface area contributed by atoms with E-state index in [4.69, 9.17) is 9.47 Å². The summed E-state index contributed by atoms with van der Waals surface area (Å²) < 4.78 is 10.6. The van der Waals surface area contributed by atoms with Gasteiger partial charge in [-0.3, -0.25) is 5.32 Å². The average molecular weight is 313 g/mol. The van der Waals surface area contributed by atoms with Crippen molar-refractivity contribution in [3.63, 3.8) is 0 Å². The monoisotopic (exact) mass is 313 g/mol. The normalized spacial score (nSPS) is 15.1. The van der Waals surface area contributed by atoms with Gasteiger partial charge in [0.2, 0.25) is 6.79 Å². The summed E-state index contributed by atoms with van der Waals surface area (Å²) in [5, 5.41) is 16.6. The van der Waals surface area contributed by atoms with E-state index in [-0.39, 0.29) is 12.8 Å². The molecule has 0 radical (unpaired) electrons. The zero-order valence-corrected chi connectivity index (χ0v) is 12.2. The molecule has 1 fully saturated rings. The Morgan fingerprint density at radius 1 is 1.04 bits per heavy atom. The van der Waals surface area contributed by atoms with Crippen molar-refractivity contribution in [2.24, 2.45) is 0 Å². The number of amides is 2. The number of benzene rings is 1. The Morgan fingerprint density at radius 3 is 2.61 bits per heavy atom. The molecule has 8 heteroatoms. The van der Waals surface area contributed by atoms with Crippen LogP contribution in [0.25, 0.3) is 0 Å². The van der Waals surface area contributed by atoms with Gasteiger partial charge in [-0.2, -0.15) is 0 Å². The van der Waals surface area contributed by atoms with Crippen molar-refractivity contribution in [2.45, 2.75) is 18.9 Å². The van der Waals surface area contributed by atoms with E-state index in [1.54, 1.807) is 12.1 Å². The lowest BCUT2D eigenvalue weighted by molar-refractivity contribution is 0.174. The summed E-state index contributed by atoms with van der Waals surface area (Å²) in [6.07, 6.45) is 2.08. The highest BCUT2D eigenvalue weighted by Crippen LogP contribution is 2.34. The molecule has 1 aromatic heterocycles. The smallest absolute Gasteiger partial charge is 0.320 e. The molecule has 23 heavy (non-hydrogen) atoms. The van der Waals surface area contributed by atoms with E-state index in [0.29, 0.717) is 23.4 Å². The first-order valence-electron chi connectivity index (χ1n) is 7.34. The molecule has 4 rings (SSSR count). The number of urea groups is 1. The van der Waals surface area contributed by atoms with Gasteiger partial charge in [-0.1, -0.05) is 0 Å². The van der Waals surface area contributed by atoms with Gasteiger partial charge >= 0.3 is 6.03 Å². The van der Waals surface area contributed by atoms with Gasteiger partial charge in [-0.25, -0.2) is 4.79 Å². The Bertz CT molecular complexity index is 730. The molecule has 118 valence electrons. The summed E-state index contributed by atoms with van der Waals surface area (Å²) in [6.45, 7) is 0.238. The average Bonchev–Trinajstić information content (AvgIpc) is 3.23. The molecule has 0 unspecified atom stereocenters. The van der Waals surface area contributed by atoms with Gasteiger partial charge in [-0.15, -0.1) is 10.2 Å². The number of ether oxygens (including phenoxy) is 2. The number of hydrogen-bond acceptors (Lipinski definition) is 6. The number of carbonyl (C=O) groups excluding carboxylic acids is 1. The topological polar surface area (TPSA) is 97.4 Å². The highest BCUT2D eigenvalue weighted by molar-refractivity contribution is 5.88. The Balaban J connectivity index is 1.38. The zero-order valence-electron chi connectivity index (χ0n) is 12.2. The summed E-state index contributed by atoms with van der Waals surface area (Å²) in [7, 11) is 0. The maximum Gasteiger partial charge on any atom is 0.320 e. The maximum absolute atomic E-state index is 11.6. The maximum atomic E-state index is 11.6. The van der Waals surface area contributed by atoms with E-state index in [9.17, 15) is 4.79 Å². The molecule has 0 spiro atoms. The first-order valence-corrected chi connectivity index (χ1v) is 7.34. The van der Waals surface area contributed by atoms with Crippen molar-refractivity contribution in [3.05, 3.63) is 30.3 Å². The summed E-state index contributed by atoms with van der Waals surface area (Å²) in [6, 6.07) is 9.01. The van der Waals surface area contributed by atoms with Gasteiger partial charge in [0, 0.05) is 17.8 Å². The molecule has 0 atom stereocenters. The minimum Gasteiger partial charge on any atom is -0.454 e. The molecule has 2 aromatic rings. The van der Waals surface area contributed by atoms with Crippen molar-refractivity contribution in [3.8, 4) is 11.5 Å². The number of aromatic nitrogens is 2. The number of hydrogen-bond donors (Lipinski definition) is 3. The number of nitrogens with one attached hydrogen (secondary N) is 3. The molecule has 1 aromatic carbocycles. The number of nitrogens with zero attached hydrogens (tertiary/aromatic N) is 2. The zero-order chi connectivity index (χ0) is 15.6. The highest BCUT2D eigenvalue weighted by atomic mass is 16.7. The predicted molar refractivity (Wildman–Crippen MR) is 83.1 cm³/mol. The third-order valence-electron chi connectivity index (χ3n) is 3.46. The van der Waals surface area contributed by atoms with Crippen LogP contribution in [0.2, 0.25) is 0 Å². The summed E-state index contributed by atoms with van der Waals surface area (Å²) in [5.74, 6) is 2.39. The Morgan fingerprint density at radius 2 is 1.83 bits per heavy atom. The predicted octanol–water partition coefficient (Wildman–Crippen LogP) is 2.23. The van der Waals surface area contributed by atoms with Crippen LogP contribution in [0.1, 0.15) is 12.8 Å². The summed E-state index contributed by atoms with van der Waals surface area (Å²) in [5.41, 5.74) is 0.815. The first kappa shape index (κ1) is 13.6. The molecule has 2 aliphatic rings. The van der Waals surface area contributed by atoms with Crippen LogP contribution >= 0.6 is 0 Å². The lowest BCUT2D eigenvalue weighted by atomic mass is 10.3. The molecular weight excluding hydrogens is 298 g/mol. The van der Waals surface area contributed by atoms with Crippen molar-refractivity contribution in [1.82, 2.24) is 15.5 Å². The van der Waals surface area contributed by atoms with E-state index in [0.717, 1.165) is 24.3 Å². The molecule has 2 heterocycles. The fraction of sp³-hybridized carbons (Fsp3) is 0.267. The third-order valence-corrected chi connectivity index (χ3v) is 3.46. The number of rotatable bonds is 4. The van der Waals surface area contributed by atoms with E-state index < -0.39 is 0 Å². The van der Waals surface area contributed by atoms with Gasteiger partial charge in [-0.05, 0) is 37.1 Å². The summed E-state index contributed by atoms with van der Waals surface area (Å²) >= 11 is 0. The van der Waals surface area contributed by atoms with Crippen molar-refractivity contribution in [2.75, 3.05) is 17.4 Å². The molecule has 0 saturated heterocycles. The van der Waals surface area contributed by atoms with Crippen LogP contribution < -0.4 is 25.4 Å². The minimum atomic E-state index is -0.252. The largest absolute Gasteiger partial charge is 0.454 e. The number of fused-ring (bicyclic) bond motifs is 1. The standard InChI is InChI=1S/C15H15N5O3/c21-15(17-9-1-2-9)18-14-6-5-13(19-20-14)16-10-3-4-11-12(7-10)23-8-22-11/h3-7,9H,1-2,8H2,(H,16,19)(H2,17,18,20,21). The van der Waals surface area contributed by atoms with Gasteiger partial charge < -0.3 is 20.1 Å². The van der Waals surface area contributed by atoms with Gasteiger partial charge in [0.1, 0.15) is 0 Å². The second kappa shape index (κ2) is 5.64. The van der Waals surface area contributed by atoms with Crippen LogP contribution in [0, 0.1) is 0 Å². The summed E-state index contributed by atoms with van der Waals surface area (Å²) in [4.78, 5) is 11.6. The van der Waals surface area contributed by atoms with Crippen LogP contribution in [0.4, 0.5) is 22.1 Å². The third kappa shape index (κ3) is 3.25. The van der Waals surface area contributed by atoms with E-state index >= 15 is 0 Å². The lowest BCUT2D eigenvalue weighted by Gasteiger charge is -2.08. The van der Waals surface area contributed by atoms with Crippen LogP contribution in [-0.4, -0.2) is 29.1 Å². The number of anilines is 3. The van der Waals surface area contributed by atoms with Crippen molar-refractivity contribution >= 4 is 23.4 Å². The van der Waals surface area contributed by atoms with E-state index in [1.807, 2.05) is 18.2 Å². The Labute approximate surface area is 132 Å². The second-order valence-corrected chi connectivity index (χ2v) is 5.37. The van der Waals surface area contributed by atoms with E-state index in [2.05, 4.69) is 26.1 Å². The van der Waals surface area contributed by atoms with Gasteiger partial charge in [0.25, 0.3) is 0 Å². The first-order chi connectivity index (χ1) is 11.3. The van der Waals surface area contributed by atoms with Crippen molar-refractivity contribution < 1.29 is 14.3 Å². The van der Waals surface area contributed by atoms with Crippen LogP contribution in [-0.2, 0) is 0 Å². The van der Waals surface area contributed by atoms with Crippen LogP contribution in [0.5, 0.6) is 11.5 Å². The molecule has 1 saturated carbocycles. The minimum absolute atomic E-state index is 0.238. The Hall–Kier alpha value is -3.03. The second-order valence-electron chi connectivity index (χ2n) is 5.37. The molecular formula is C15H15N5O3. The fourth-order valence-electron chi connectivity index (χ4n) is 2.15. The van der Waals surface area contributed by atoms with Gasteiger partial charge in [0.15, 0.2) is 23.1 Å². The molecule has 8 nitrogen and oxygen atoms in total. The number of carbonyl (C=O) groups is 1. The SMILES string of the molecule is O=C(Nc1ccc(Nc2ccc3c(c2)OCO3)nn1)NC1CC1. The molecule has 1 aliphatic carbocycles. The quantitative estimate of drug-likeness (QED) is 0.801.